The lowest BCUT2D eigenvalue weighted by atomic mass is 10.1. The number of hydrogen-bond acceptors (Lipinski definition) is 6. The molecule has 2 rings (SSSR count). The summed E-state index contributed by atoms with van der Waals surface area (Å²) in [5, 5.41) is 4.05. The molecule has 5 nitrogen and oxygen atoms in total. The third-order valence-electron chi connectivity index (χ3n) is 3.43. The van der Waals surface area contributed by atoms with E-state index in [2.05, 4.69) is 41.1 Å². The lowest BCUT2D eigenvalue weighted by Crippen LogP contribution is -2.37. The zero-order valence-electron chi connectivity index (χ0n) is 12.0. The molecule has 0 amide bonds. The molecule has 0 spiro atoms. The standard InChI is InChI=1S/C13H22N4OS/c1-5-14-11-8-12(16-13(15-11)19-4)17(3)10-6-7-18-9(10)2/h8-10H,5-7H2,1-4H3,(H,14,15,16). The first kappa shape index (κ1) is 14.4. The van der Waals surface area contributed by atoms with Crippen molar-refractivity contribution in [3.05, 3.63) is 6.07 Å². The molecule has 0 aliphatic carbocycles. The first-order chi connectivity index (χ1) is 9.15. The van der Waals surface area contributed by atoms with Gasteiger partial charge in [0, 0.05) is 26.3 Å². The summed E-state index contributed by atoms with van der Waals surface area (Å²) in [6.07, 6.45) is 3.29. The molecule has 1 aromatic heterocycles. The van der Waals surface area contributed by atoms with Gasteiger partial charge in [-0.1, -0.05) is 11.8 Å². The highest BCUT2D eigenvalue weighted by molar-refractivity contribution is 7.98. The summed E-state index contributed by atoms with van der Waals surface area (Å²) in [5.74, 6) is 1.84. The van der Waals surface area contributed by atoms with Crippen molar-refractivity contribution >= 4 is 23.4 Å². The monoisotopic (exact) mass is 282 g/mol. The van der Waals surface area contributed by atoms with Gasteiger partial charge in [-0.2, -0.15) is 0 Å². The minimum absolute atomic E-state index is 0.250. The van der Waals surface area contributed by atoms with Gasteiger partial charge in [-0.25, -0.2) is 9.97 Å². The smallest absolute Gasteiger partial charge is 0.191 e. The van der Waals surface area contributed by atoms with Crippen molar-refractivity contribution < 1.29 is 4.74 Å². The molecule has 1 N–H and O–H groups in total. The highest BCUT2D eigenvalue weighted by Crippen LogP contribution is 2.26. The average molecular weight is 282 g/mol. The van der Waals surface area contributed by atoms with Gasteiger partial charge in [0.2, 0.25) is 0 Å². The molecule has 2 atom stereocenters. The third-order valence-corrected chi connectivity index (χ3v) is 3.98. The summed E-state index contributed by atoms with van der Waals surface area (Å²) in [6.45, 7) is 5.88. The first-order valence-corrected chi connectivity index (χ1v) is 7.89. The van der Waals surface area contributed by atoms with Gasteiger partial charge in [-0.3, -0.25) is 0 Å². The fourth-order valence-corrected chi connectivity index (χ4v) is 2.73. The summed E-state index contributed by atoms with van der Waals surface area (Å²) in [6, 6.07) is 2.40. The summed E-state index contributed by atoms with van der Waals surface area (Å²) in [7, 11) is 2.08. The minimum atomic E-state index is 0.250. The van der Waals surface area contributed by atoms with Crippen LogP contribution in [0.1, 0.15) is 20.3 Å². The fourth-order valence-electron chi connectivity index (χ4n) is 2.36. The second-order valence-electron chi connectivity index (χ2n) is 4.67. The van der Waals surface area contributed by atoms with Crippen LogP contribution in [0.15, 0.2) is 11.2 Å². The lowest BCUT2D eigenvalue weighted by Gasteiger charge is -2.28. The van der Waals surface area contributed by atoms with Crippen molar-refractivity contribution in [1.29, 1.82) is 0 Å². The molecule has 1 aliphatic rings. The Hall–Kier alpha value is -1.01. The van der Waals surface area contributed by atoms with E-state index in [1.165, 1.54) is 0 Å². The molecule has 1 saturated heterocycles. The molecule has 1 fully saturated rings. The van der Waals surface area contributed by atoms with Crippen LogP contribution < -0.4 is 10.2 Å². The zero-order chi connectivity index (χ0) is 13.8. The van der Waals surface area contributed by atoms with Gasteiger partial charge in [0.05, 0.1) is 12.1 Å². The summed E-state index contributed by atoms with van der Waals surface area (Å²) in [4.78, 5) is 11.3. The molecule has 0 aromatic carbocycles. The van der Waals surface area contributed by atoms with Gasteiger partial charge in [0.25, 0.3) is 0 Å². The number of ether oxygens (including phenoxy) is 1. The number of aromatic nitrogens is 2. The number of likely N-dealkylation sites (N-methyl/N-ethyl adjacent to an activating group) is 1. The molecule has 106 valence electrons. The second-order valence-corrected chi connectivity index (χ2v) is 5.44. The maximum absolute atomic E-state index is 5.64. The Balaban J connectivity index is 2.24. The molecule has 0 bridgehead atoms. The Bertz CT molecular complexity index is 429. The molecule has 0 radical (unpaired) electrons. The van der Waals surface area contributed by atoms with Crippen LogP contribution in [0.3, 0.4) is 0 Å². The second kappa shape index (κ2) is 6.43. The van der Waals surface area contributed by atoms with Gasteiger partial charge in [0.15, 0.2) is 5.16 Å². The van der Waals surface area contributed by atoms with Crippen LogP contribution in [0, 0.1) is 0 Å². The highest BCUT2D eigenvalue weighted by Gasteiger charge is 2.29. The SMILES string of the molecule is CCNc1cc(N(C)C2CCOC2C)nc(SC)n1. The quantitative estimate of drug-likeness (QED) is 0.660. The third kappa shape index (κ3) is 3.30. The molecular weight excluding hydrogens is 260 g/mol. The maximum Gasteiger partial charge on any atom is 0.191 e. The van der Waals surface area contributed by atoms with E-state index in [0.717, 1.165) is 36.4 Å². The Labute approximate surface area is 119 Å². The molecule has 0 saturated carbocycles. The van der Waals surface area contributed by atoms with Crippen LogP contribution in [-0.2, 0) is 4.74 Å². The molecule has 1 aromatic rings. The number of rotatable bonds is 5. The first-order valence-electron chi connectivity index (χ1n) is 6.67. The number of hydrogen-bond donors (Lipinski definition) is 1. The predicted octanol–water partition coefficient (Wildman–Crippen LogP) is 2.24. The summed E-state index contributed by atoms with van der Waals surface area (Å²) in [5.41, 5.74) is 0. The van der Waals surface area contributed by atoms with E-state index in [0.29, 0.717) is 6.04 Å². The summed E-state index contributed by atoms with van der Waals surface area (Å²) < 4.78 is 5.64. The van der Waals surface area contributed by atoms with E-state index >= 15 is 0 Å². The zero-order valence-corrected chi connectivity index (χ0v) is 12.8. The van der Waals surface area contributed by atoms with Crippen molar-refractivity contribution in [2.75, 3.05) is 36.7 Å². The topological polar surface area (TPSA) is 50.3 Å². The van der Waals surface area contributed by atoms with Crippen molar-refractivity contribution in [2.24, 2.45) is 0 Å². The minimum Gasteiger partial charge on any atom is -0.376 e. The van der Waals surface area contributed by atoms with Gasteiger partial charge in [-0.15, -0.1) is 0 Å². The van der Waals surface area contributed by atoms with E-state index in [4.69, 9.17) is 4.74 Å². The average Bonchev–Trinajstić information content (AvgIpc) is 2.84. The van der Waals surface area contributed by atoms with Crippen molar-refractivity contribution in [2.45, 2.75) is 37.6 Å². The van der Waals surface area contributed by atoms with E-state index < -0.39 is 0 Å². The Kier molecular flexibility index (Phi) is 4.87. The number of nitrogens with one attached hydrogen (secondary N) is 1. The highest BCUT2D eigenvalue weighted by atomic mass is 32.2. The molecule has 6 heteroatoms. The van der Waals surface area contributed by atoms with Crippen LogP contribution in [0.2, 0.25) is 0 Å². The molecule has 1 aliphatic heterocycles. The Morgan fingerprint density at radius 2 is 2.32 bits per heavy atom. The van der Waals surface area contributed by atoms with E-state index in [1.807, 2.05) is 12.3 Å². The number of thioether (sulfide) groups is 1. The Morgan fingerprint density at radius 3 is 2.89 bits per heavy atom. The van der Waals surface area contributed by atoms with Gasteiger partial charge >= 0.3 is 0 Å². The predicted molar refractivity (Wildman–Crippen MR) is 80.2 cm³/mol. The van der Waals surface area contributed by atoms with Gasteiger partial charge in [0.1, 0.15) is 11.6 Å². The molecule has 19 heavy (non-hydrogen) atoms. The lowest BCUT2D eigenvalue weighted by molar-refractivity contribution is 0.118. The Morgan fingerprint density at radius 1 is 1.53 bits per heavy atom. The van der Waals surface area contributed by atoms with Gasteiger partial charge in [-0.05, 0) is 26.5 Å². The van der Waals surface area contributed by atoms with Crippen LogP contribution in [0.25, 0.3) is 0 Å². The van der Waals surface area contributed by atoms with Crippen LogP contribution in [0.5, 0.6) is 0 Å². The van der Waals surface area contributed by atoms with Crippen molar-refractivity contribution in [3.63, 3.8) is 0 Å². The molecule has 2 unspecified atom stereocenters. The fraction of sp³-hybridized carbons (Fsp3) is 0.692. The van der Waals surface area contributed by atoms with Crippen molar-refractivity contribution in [3.8, 4) is 0 Å². The normalized spacial score (nSPS) is 22.5. The largest absolute Gasteiger partial charge is 0.376 e. The molecular formula is C13H22N4OS. The van der Waals surface area contributed by atoms with Crippen LogP contribution >= 0.6 is 11.8 Å². The number of nitrogens with zero attached hydrogens (tertiary/aromatic N) is 3. The van der Waals surface area contributed by atoms with E-state index in [-0.39, 0.29) is 6.10 Å². The number of anilines is 2. The van der Waals surface area contributed by atoms with Gasteiger partial charge < -0.3 is 15.0 Å². The van der Waals surface area contributed by atoms with Crippen LogP contribution in [0.4, 0.5) is 11.6 Å². The van der Waals surface area contributed by atoms with E-state index in [1.54, 1.807) is 11.8 Å². The maximum atomic E-state index is 5.64. The summed E-state index contributed by atoms with van der Waals surface area (Å²) >= 11 is 1.56. The molecule has 2 heterocycles. The van der Waals surface area contributed by atoms with E-state index in [9.17, 15) is 0 Å². The van der Waals surface area contributed by atoms with Crippen LogP contribution in [-0.4, -0.2) is 48.6 Å². The van der Waals surface area contributed by atoms with Crippen molar-refractivity contribution in [1.82, 2.24) is 9.97 Å².